The molecule has 4 nitrogen and oxygen atoms in total. The van der Waals surface area contributed by atoms with Gasteiger partial charge in [0.2, 0.25) is 5.91 Å². The summed E-state index contributed by atoms with van der Waals surface area (Å²) in [6.45, 7) is 5.48. The monoisotopic (exact) mass is 318 g/mol. The quantitative estimate of drug-likeness (QED) is 0.820. The number of nitrogens with two attached hydrogens (primary N) is 1. The molecule has 1 rings (SSSR count). The molecular formula is C15H21F3N2O2. The standard InChI is InChI=1S/C15H21F3N2O2/c1-14(2,3)12(19)13(21)20-8-9-22-11-7-5-4-6-10(11)15(16,17)18/h4-7,12H,8-9,19H2,1-3H3,(H,20,21)/t12-/m1/s1. The van der Waals surface area contributed by atoms with Crippen LogP contribution >= 0.6 is 0 Å². The first-order chi connectivity index (χ1) is 10.0. The molecule has 0 aliphatic heterocycles. The largest absolute Gasteiger partial charge is 0.491 e. The third kappa shape index (κ3) is 5.22. The minimum Gasteiger partial charge on any atom is -0.491 e. The lowest BCUT2D eigenvalue weighted by atomic mass is 9.87. The Morgan fingerprint density at radius 2 is 1.86 bits per heavy atom. The molecule has 0 heterocycles. The van der Waals surface area contributed by atoms with Gasteiger partial charge in [-0.15, -0.1) is 0 Å². The summed E-state index contributed by atoms with van der Waals surface area (Å²) >= 11 is 0. The van der Waals surface area contributed by atoms with E-state index in [1.807, 2.05) is 20.8 Å². The number of ether oxygens (including phenoxy) is 1. The van der Waals surface area contributed by atoms with Gasteiger partial charge in [-0.05, 0) is 17.5 Å². The lowest BCUT2D eigenvalue weighted by Gasteiger charge is -2.25. The molecule has 0 aliphatic carbocycles. The summed E-state index contributed by atoms with van der Waals surface area (Å²) in [5, 5.41) is 2.55. The molecule has 0 aromatic heterocycles. The van der Waals surface area contributed by atoms with Crippen molar-refractivity contribution in [1.82, 2.24) is 5.32 Å². The Hall–Kier alpha value is -1.76. The summed E-state index contributed by atoms with van der Waals surface area (Å²) in [5.41, 5.74) is 4.53. The van der Waals surface area contributed by atoms with Gasteiger partial charge in [0, 0.05) is 0 Å². The van der Waals surface area contributed by atoms with Crippen molar-refractivity contribution < 1.29 is 22.7 Å². The van der Waals surface area contributed by atoms with Gasteiger partial charge in [0.25, 0.3) is 0 Å². The third-order valence-corrected chi connectivity index (χ3v) is 3.07. The van der Waals surface area contributed by atoms with E-state index in [1.54, 1.807) is 0 Å². The van der Waals surface area contributed by atoms with Crippen LogP contribution in [0.25, 0.3) is 0 Å². The predicted octanol–water partition coefficient (Wildman–Crippen LogP) is 2.57. The van der Waals surface area contributed by atoms with E-state index in [0.717, 1.165) is 6.07 Å². The van der Waals surface area contributed by atoms with Crippen LogP contribution in [0.15, 0.2) is 24.3 Å². The third-order valence-electron chi connectivity index (χ3n) is 3.07. The zero-order chi connectivity index (χ0) is 17.0. The smallest absolute Gasteiger partial charge is 0.419 e. The summed E-state index contributed by atoms with van der Waals surface area (Å²) in [7, 11) is 0. The molecule has 0 aliphatic rings. The summed E-state index contributed by atoms with van der Waals surface area (Å²) < 4.78 is 43.4. The average Bonchev–Trinajstić information content (AvgIpc) is 2.40. The zero-order valence-corrected chi connectivity index (χ0v) is 12.8. The molecule has 3 N–H and O–H groups in total. The molecule has 0 saturated heterocycles. The van der Waals surface area contributed by atoms with Crippen LogP contribution in [0, 0.1) is 5.41 Å². The number of amides is 1. The van der Waals surface area contributed by atoms with Gasteiger partial charge in [-0.3, -0.25) is 4.79 Å². The fourth-order valence-electron chi connectivity index (χ4n) is 1.67. The molecule has 1 aromatic carbocycles. The van der Waals surface area contributed by atoms with E-state index < -0.39 is 23.2 Å². The summed E-state index contributed by atoms with van der Waals surface area (Å²) in [5.74, 6) is -0.621. The first-order valence-electron chi connectivity index (χ1n) is 6.86. The number of benzene rings is 1. The Kier molecular flexibility index (Phi) is 5.82. The molecule has 1 aromatic rings. The summed E-state index contributed by atoms with van der Waals surface area (Å²) in [4.78, 5) is 11.8. The van der Waals surface area contributed by atoms with E-state index in [0.29, 0.717) is 0 Å². The van der Waals surface area contributed by atoms with Gasteiger partial charge in [-0.2, -0.15) is 13.2 Å². The first kappa shape index (κ1) is 18.3. The Labute approximate surface area is 127 Å². The topological polar surface area (TPSA) is 64.4 Å². The van der Waals surface area contributed by atoms with Crippen LogP contribution < -0.4 is 15.8 Å². The highest BCUT2D eigenvalue weighted by atomic mass is 19.4. The highest BCUT2D eigenvalue weighted by molar-refractivity contribution is 5.82. The zero-order valence-electron chi connectivity index (χ0n) is 12.8. The van der Waals surface area contributed by atoms with Crippen molar-refractivity contribution in [2.75, 3.05) is 13.2 Å². The second kappa shape index (κ2) is 7.00. The highest BCUT2D eigenvalue weighted by Gasteiger charge is 2.34. The van der Waals surface area contributed by atoms with Gasteiger partial charge in [0.15, 0.2) is 0 Å². The van der Waals surface area contributed by atoms with Gasteiger partial charge >= 0.3 is 6.18 Å². The molecule has 22 heavy (non-hydrogen) atoms. The van der Waals surface area contributed by atoms with Crippen LogP contribution in [0.5, 0.6) is 5.75 Å². The Balaban J connectivity index is 2.51. The van der Waals surface area contributed by atoms with Gasteiger partial charge in [0.05, 0.1) is 18.2 Å². The maximum Gasteiger partial charge on any atom is 0.419 e. The molecule has 0 saturated carbocycles. The minimum atomic E-state index is -4.48. The van der Waals surface area contributed by atoms with Crippen LogP contribution in [0.4, 0.5) is 13.2 Å². The molecule has 0 fully saturated rings. The number of alkyl halides is 3. The van der Waals surface area contributed by atoms with Gasteiger partial charge in [-0.1, -0.05) is 32.9 Å². The second-order valence-electron chi connectivity index (χ2n) is 5.98. The van der Waals surface area contributed by atoms with Gasteiger partial charge in [-0.25, -0.2) is 0 Å². The van der Waals surface area contributed by atoms with E-state index in [1.165, 1.54) is 18.2 Å². The van der Waals surface area contributed by atoms with E-state index in [-0.39, 0.29) is 24.8 Å². The number of para-hydroxylation sites is 1. The Morgan fingerprint density at radius 3 is 2.41 bits per heavy atom. The Bertz CT molecular complexity index is 510. The molecule has 7 heteroatoms. The number of nitrogens with one attached hydrogen (secondary N) is 1. The number of hydrogen-bond acceptors (Lipinski definition) is 3. The van der Waals surface area contributed by atoms with Crippen molar-refractivity contribution in [3.63, 3.8) is 0 Å². The molecular weight excluding hydrogens is 297 g/mol. The number of carbonyl (C=O) groups excluding carboxylic acids is 1. The van der Waals surface area contributed by atoms with Crippen molar-refractivity contribution >= 4 is 5.91 Å². The SMILES string of the molecule is CC(C)(C)[C@H](N)C(=O)NCCOc1ccccc1C(F)(F)F. The summed E-state index contributed by atoms with van der Waals surface area (Å²) in [6.07, 6.45) is -4.48. The van der Waals surface area contributed by atoms with E-state index in [9.17, 15) is 18.0 Å². The lowest BCUT2D eigenvalue weighted by molar-refractivity contribution is -0.139. The van der Waals surface area contributed by atoms with Gasteiger partial charge < -0.3 is 15.8 Å². The number of rotatable bonds is 5. The molecule has 124 valence electrons. The van der Waals surface area contributed by atoms with E-state index >= 15 is 0 Å². The second-order valence-corrected chi connectivity index (χ2v) is 5.98. The fraction of sp³-hybridized carbons (Fsp3) is 0.533. The molecule has 1 atom stereocenters. The first-order valence-corrected chi connectivity index (χ1v) is 6.86. The predicted molar refractivity (Wildman–Crippen MR) is 77.4 cm³/mol. The van der Waals surface area contributed by atoms with Crippen LogP contribution in [0.3, 0.4) is 0 Å². The van der Waals surface area contributed by atoms with Crippen molar-refractivity contribution in [2.24, 2.45) is 11.1 Å². The molecule has 0 spiro atoms. The molecule has 0 radical (unpaired) electrons. The van der Waals surface area contributed by atoms with Crippen LogP contribution in [-0.4, -0.2) is 25.1 Å². The van der Waals surface area contributed by atoms with Crippen LogP contribution in [0.1, 0.15) is 26.3 Å². The lowest BCUT2D eigenvalue weighted by Crippen LogP contribution is -2.49. The highest BCUT2D eigenvalue weighted by Crippen LogP contribution is 2.35. The van der Waals surface area contributed by atoms with Crippen LogP contribution in [-0.2, 0) is 11.0 Å². The number of carbonyl (C=O) groups is 1. The van der Waals surface area contributed by atoms with Crippen molar-refractivity contribution in [1.29, 1.82) is 0 Å². The van der Waals surface area contributed by atoms with Crippen LogP contribution in [0.2, 0.25) is 0 Å². The molecule has 0 unspecified atom stereocenters. The number of hydrogen-bond donors (Lipinski definition) is 2. The maximum atomic E-state index is 12.8. The van der Waals surface area contributed by atoms with Crippen molar-refractivity contribution in [3.05, 3.63) is 29.8 Å². The van der Waals surface area contributed by atoms with Gasteiger partial charge in [0.1, 0.15) is 12.4 Å². The van der Waals surface area contributed by atoms with Crippen molar-refractivity contribution in [2.45, 2.75) is 33.0 Å². The maximum absolute atomic E-state index is 12.8. The minimum absolute atomic E-state index is 0.0737. The van der Waals surface area contributed by atoms with Crippen molar-refractivity contribution in [3.8, 4) is 5.75 Å². The fourth-order valence-corrected chi connectivity index (χ4v) is 1.67. The van der Waals surface area contributed by atoms with E-state index in [4.69, 9.17) is 10.5 Å². The average molecular weight is 318 g/mol. The molecule has 0 bridgehead atoms. The summed E-state index contributed by atoms with van der Waals surface area (Å²) in [6, 6.07) is 4.24. The normalized spacial score (nSPS) is 13.6. The number of halogens is 3. The van der Waals surface area contributed by atoms with E-state index in [2.05, 4.69) is 5.32 Å². The molecule has 1 amide bonds. The Morgan fingerprint density at radius 1 is 1.27 bits per heavy atom.